The maximum atomic E-state index is 9.13. The van der Waals surface area contributed by atoms with Crippen LogP contribution in [0.5, 0.6) is 5.88 Å². The van der Waals surface area contributed by atoms with Gasteiger partial charge in [0.15, 0.2) is 0 Å². The summed E-state index contributed by atoms with van der Waals surface area (Å²) in [5.74, 6) is 0.236. The summed E-state index contributed by atoms with van der Waals surface area (Å²) in [5.41, 5.74) is 0.464. The summed E-state index contributed by atoms with van der Waals surface area (Å²) in [6, 6.07) is 0. The monoisotopic (exact) mass is 152 g/mol. The van der Waals surface area contributed by atoms with Crippen LogP contribution in [-0.4, -0.2) is 25.4 Å². The highest BCUT2D eigenvalue weighted by Gasteiger charge is 2.08. The van der Waals surface area contributed by atoms with Crippen molar-refractivity contribution in [3.05, 3.63) is 5.82 Å². The zero-order valence-corrected chi connectivity index (χ0v) is 5.64. The van der Waals surface area contributed by atoms with Crippen molar-refractivity contribution in [3.8, 4) is 5.88 Å². The number of aryl methyl sites for hydroxylation is 1. The maximum Gasteiger partial charge on any atom is 0.246 e. The highest BCUT2D eigenvalue weighted by molar-refractivity contribution is 5.73. The van der Waals surface area contributed by atoms with Crippen LogP contribution in [0.2, 0.25) is 0 Å². The standard InChI is InChI=1S/C5H4N4O2/c1-2-6-4-3(5(10)7-2)8-11-9-4/h1H3,(H,6,7,9,10). The van der Waals surface area contributed by atoms with Crippen LogP contribution in [0.25, 0.3) is 11.2 Å². The van der Waals surface area contributed by atoms with E-state index in [4.69, 9.17) is 5.11 Å². The van der Waals surface area contributed by atoms with Crippen molar-refractivity contribution in [3.63, 3.8) is 0 Å². The molecule has 0 fully saturated rings. The average molecular weight is 152 g/mol. The summed E-state index contributed by atoms with van der Waals surface area (Å²) in [6.45, 7) is 1.65. The molecule has 0 saturated carbocycles. The molecule has 0 aliphatic carbocycles. The van der Waals surface area contributed by atoms with Gasteiger partial charge in [0.1, 0.15) is 5.82 Å². The Morgan fingerprint density at radius 2 is 2.09 bits per heavy atom. The third kappa shape index (κ3) is 0.794. The van der Waals surface area contributed by atoms with Gasteiger partial charge in [0.05, 0.1) is 0 Å². The van der Waals surface area contributed by atoms with Crippen molar-refractivity contribution in [1.29, 1.82) is 0 Å². The Labute approximate surface area is 60.8 Å². The van der Waals surface area contributed by atoms with Gasteiger partial charge in [0.2, 0.25) is 17.0 Å². The lowest BCUT2D eigenvalue weighted by Gasteiger charge is -1.90. The molecule has 0 radical (unpaired) electrons. The van der Waals surface area contributed by atoms with Gasteiger partial charge in [-0.2, -0.15) is 4.98 Å². The summed E-state index contributed by atoms with van der Waals surface area (Å²) in [7, 11) is 0. The largest absolute Gasteiger partial charge is 0.492 e. The number of aromatic nitrogens is 4. The van der Waals surface area contributed by atoms with Crippen LogP contribution in [0.1, 0.15) is 5.82 Å². The van der Waals surface area contributed by atoms with Crippen LogP contribution in [-0.2, 0) is 0 Å². The van der Waals surface area contributed by atoms with Crippen LogP contribution < -0.4 is 0 Å². The lowest BCUT2D eigenvalue weighted by Crippen LogP contribution is -1.88. The van der Waals surface area contributed by atoms with Gasteiger partial charge in [-0.05, 0) is 17.2 Å². The Kier molecular flexibility index (Phi) is 1.03. The molecule has 56 valence electrons. The van der Waals surface area contributed by atoms with E-state index in [2.05, 4.69) is 24.9 Å². The first-order valence-electron chi connectivity index (χ1n) is 2.93. The Bertz CT molecular complexity index is 396. The first-order chi connectivity index (χ1) is 5.27. The van der Waals surface area contributed by atoms with E-state index in [1.165, 1.54) is 0 Å². The van der Waals surface area contributed by atoms with Gasteiger partial charge in [-0.15, -0.1) is 0 Å². The van der Waals surface area contributed by atoms with E-state index in [-0.39, 0.29) is 17.0 Å². The van der Waals surface area contributed by atoms with Crippen LogP contribution >= 0.6 is 0 Å². The Morgan fingerprint density at radius 3 is 2.91 bits per heavy atom. The van der Waals surface area contributed by atoms with E-state index in [9.17, 15) is 0 Å². The molecule has 0 bridgehead atoms. The summed E-state index contributed by atoms with van der Waals surface area (Å²) in [5, 5.41) is 16.0. The predicted molar refractivity (Wildman–Crippen MR) is 33.8 cm³/mol. The van der Waals surface area contributed by atoms with E-state index in [1.54, 1.807) is 6.92 Å². The molecule has 1 N–H and O–H groups in total. The highest BCUT2D eigenvalue weighted by Crippen LogP contribution is 2.15. The van der Waals surface area contributed by atoms with Gasteiger partial charge in [0, 0.05) is 0 Å². The number of nitrogens with zero attached hydrogens (tertiary/aromatic N) is 4. The first-order valence-corrected chi connectivity index (χ1v) is 2.93. The van der Waals surface area contributed by atoms with Crippen molar-refractivity contribution in [2.45, 2.75) is 6.92 Å². The van der Waals surface area contributed by atoms with E-state index in [0.29, 0.717) is 5.82 Å². The van der Waals surface area contributed by atoms with Crippen molar-refractivity contribution < 1.29 is 9.74 Å². The molecule has 11 heavy (non-hydrogen) atoms. The van der Waals surface area contributed by atoms with E-state index >= 15 is 0 Å². The molecule has 0 unspecified atom stereocenters. The molecular formula is C5H4N4O2. The van der Waals surface area contributed by atoms with Crippen LogP contribution in [0.3, 0.4) is 0 Å². The highest BCUT2D eigenvalue weighted by atomic mass is 16.6. The van der Waals surface area contributed by atoms with Gasteiger partial charge >= 0.3 is 0 Å². The maximum absolute atomic E-state index is 9.13. The summed E-state index contributed by atoms with van der Waals surface area (Å²) >= 11 is 0. The minimum absolute atomic E-state index is 0.190. The zero-order chi connectivity index (χ0) is 7.84. The van der Waals surface area contributed by atoms with E-state index in [1.807, 2.05) is 0 Å². The SMILES string of the molecule is Cc1nc(O)c2nonc2n1. The molecule has 0 spiro atoms. The quantitative estimate of drug-likeness (QED) is 0.573. The van der Waals surface area contributed by atoms with Gasteiger partial charge in [0.25, 0.3) is 0 Å². The number of rotatable bonds is 0. The van der Waals surface area contributed by atoms with Gasteiger partial charge in [-0.1, -0.05) is 0 Å². The molecule has 0 aliphatic heterocycles. The average Bonchev–Trinajstić information content (AvgIpc) is 2.34. The molecule has 2 aromatic heterocycles. The second-order valence-electron chi connectivity index (χ2n) is 2.03. The van der Waals surface area contributed by atoms with Crippen LogP contribution in [0, 0.1) is 6.92 Å². The molecular weight excluding hydrogens is 148 g/mol. The Morgan fingerprint density at radius 1 is 1.27 bits per heavy atom. The van der Waals surface area contributed by atoms with Gasteiger partial charge < -0.3 is 5.11 Å². The molecule has 6 heteroatoms. The molecule has 2 rings (SSSR count). The molecule has 0 aliphatic rings. The van der Waals surface area contributed by atoms with Crippen molar-refractivity contribution in [2.24, 2.45) is 0 Å². The minimum atomic E-state index is -0.200. The van der Waals surface area contributed by atoms with Crippen molar-refractivity contribution in [2.75, 3.05) is 0 Å². The third-order valence-electron chi connectivity index (χ3n) is 1.22. The molecule has 0 aromatic carbocycles. The summed E-state index contributed by atoms with van der Waals surface area (Å²) in [4.78, 5) is 7.51. The predicted octanol–water partition coefficient (Wildman–Crippen LogP) is 0.0268. The number of aromatic hydroxyl groups is 1. The van der Waals surface area contributed by atoms with Gasteiger partial charge in [-0.25, -0.2) is 9.61 Å². The number of fused-ring (bicyclic) bond motifs is 1. The summed E-state index contributed by atoms with van der Waals surface area (Å²) < 4.78 is 4.34. The normalized spacial score (nSPS) is 10.6. The van der Waals surface area contributed by atoms with Crippen LogP contribution in [0.4, 0.5) is 0 Å². The summed E-state index contributed by atoms with van der Waals surface area (Å²) in [6.07, 6.45) is 0. The number of hydrogen-bond acceptors (Lipinski definition) is 6. The Balaban J connectivity index is 2.91. The third-order valence-corrected chi connectivity index (χ3v) is 1.22. The lowest BCUT2D eigenvalue weighted by molar-refractivity contribution is 0.313. The topological polar surface area (TPSA) is 84.9 Å². The minimum Gasteiger partial charge on any atom is -0.492 e. The van der Waals surface area contributed by atoms with E-state index < -0.39 is 0 Å². The van der Waals surface area contributed by atoms with Crippen molar-refractivity contribution in [1.82, 2.24) is 20.3 Å². The van der Waals surface area contributed by atoms with Crippen LogP contribution in [0.15, 0.2) is 4.63 Å². The molecule has 6 nitrogen and oxygen atoms in total. The first kappa shape index (κ1) is 6.02. The molecule has 2 heterocycles. The second-order valence-corrected chi connectivity index (χ2v) is 2.03. The van der Waals surface area contributed by atoms with E-state index in [0.717, 1.165) is 0 Å². The molecule has 0 atom stereocenters. The smallest absolute Gasteiger partial charge is 0.246 e. The lowest BCUT2D eigenvalue weighted by atomic mass is 10.5. The number of hydrogen-bond donors (Lipinski definition) is 1. The second kappa shape index (κ2) is 1.88. The fourth-order valence-electron chi connectivity index (χ4n) is 0.783. The van der Waals surface area contributed by atoms with Gasteiger partial charge in [-0.3, -0.25) is 0 Å². The Hall–Kier alpha value is -1.72. The molecule has 0 saturated heterocycles. The molecule has 2 aromatic rings. The fraction of sp³-hybridized carbons (Fsp3) is 0.200. The zero-order valence-electron chi connectivity index (χ0n) is 5.64. The fourth-order valence-corrected chi connectivity index (χ4v) is 0.783. The van der Waals surface area contributed by atoms with Crippen molar-refractivity contribution >= 4 is 11.2 Å². The molecule has 0 amide bonds.